The van der Waals surface area contributed by atoms with Crippen molar-refractivity contribution >= 4 is 47.4 Å². The molecule has 0 aliphatic carbocycles. The average molecular weight is 428 g/mol. The number of rotatable bonds is 4. The SMILES string of the molecule is Cl.O=C(c1cc([N+](=O)[O-])ccc1Sc1ccc(Cl)cc1)N1CCCNCC1. The van der Waals surface area contributed by atoms with Gasteiger partial charge in [0, 0.05) is 46.6 Å². The molecular weight excluding hydrogens is 409 g/mol. The summed E-state index contributed by atoms with van der Waals surface area (Å²) in [6.45, 7) is 2.82. The first-order valence-corrected chi connectivity index (χ1v) is 9.46. The van der Waals surface area contributed by atoms with Gasteiger partial charge in [-0.05, 0) is 43.3 Å². The lowest BCUT2D eigenvalue weighted by atomic mass is 10.1. The molecule has 1 aliphatic rings. The highest BCUT2D eigenvalue weighted by Gasteiger charge is 2.23. The van der Waals surface area contributed by atoms with E-state index < -0.39 is 4.92 Å². The third-order valence-corrected chi connectivity index (χ3v) is 5.41. The molecule has 6 nitrogen and oxygen atoms in total. The predicted octanol–water partition coefficient (Wildman–Crippen LogP) is 4.26. The van der Waals surface area contributed by atoms with Gasteiger partial charge in [0.25, 0.3) is 11.6 Å². The van der Waals surface area contributed by atoms with Crippen molar-refractivity contribution < 1.29 is 9.72 Å². The van der Waals surface area contributed by atoms with Gasteiger partial charge >= 0.3 is 0 Å². The molecule has 1 fully saturated rings. The second-order valence-electron chi connectivity index (χ2n) is 5.89. The number of nitrogens with zero attached hydrogens (tertiary/aromatic N) is 2. The molecule has 0 radical (unpaired) electrons. The van der Waals surface area contributed by atoms with Gasteiger partial charge in [0.1, 0.15) is 0 Å². The number of nitro benzene ring substituents is 1. The van der Waals surface area contributed by atoms with Gasteiger partial charge in [0.2, 0.25) is 0 Å². The van der Waals surface area contributed by atoms with Crippen molar-refractivity contribution in [2.24, 2.45) is 0 Å². The molecule has 0 saturated carbocycles. The van der Waals surface area contributed by atoms with Crippen LogP contribution in [0.25, 0.3) is 0 Å². The number of hydrogen-bond donors (Lipinski definition) is 1. The van der Waals surface area contributed by atoms with Gasteiger partial charge in [0.15, 0.2) is 0 Å². The number of nitro groups is 1. The minimum absolute atomic E-state index is 0. The van der Waals surface area contributed by atoms with E-state index in [9.17, 15) is 14.9 Å². The topological polar surface area (TPSA) is 75.5 Å². The highest BCUT2D eigenvalue weighted by atomic mass is 35.5. The van der Waals surface area contributed by atoms with E-state index in [-0.39, 0.29) is 24.0 Å². The lowest BCUT2D eigenvalue weighted by molar-refractivity contribution is -0.384. The van der Waals surface area contributed by atoms with Crippen LogP contribution in [-0.4, -0.2) is 41.9 Å². The molecule has 1 saturated heterocycles. The van der Waals surface area contributed by atoms with Crippen LogP contribution in [0.2, 0.25) is 5.02 Å². The van der Waals surface area contributed by atoms with E-state index in [0.717, 1.165) is 24.4 Å². The number of benzene rings is 2. The van der Waals surface area contributed by atoms with E-state index in [0.29, 0.717) is 28.6 Å². The van der Waals surface area contributed by atoms with Gasteiger partial charge in [-0.3, -0.25) is 14.9 Å². The van der Waals surface area contributed by atoms with Gasteiger partial charge < -0.3 is 10.2 Å². The lowest BCUT2D eigenvalue weighted by Crippen LogP contribution is -2.34. The van der Waals surface area contributed by atoms with E-state index in [1.807, 2.05) is 12.1 Å². The van der Waals surface area contributed by atoms with Gasteiger partial charge in [-0.1, -0.05) is 23.4 Å². The maximum absolute atomic E-state index is 13.0. The summed E-state index contributed by atoms with van der Waals surface area (Å²) in [5.74, 6) is -0.172. The summed E-state index contributed by atoms with van der Waals surface area (Å²) in [5.41, 5.74) is 0.280. The summed E-state index contributed by atoms with van der Waals surface area (Å²) in [7, 11) is 0. The Balaban J connectivity index is 0.00000261. The summed E-state index contributed by atoms with van der Waals surface area (Å²) >= 11 is 7.31. The number of amides is 1. The summed E-state index contributed by atoms with van der Waals surface area (Å²) in [6, 6.07) is 11.7. The monoisotopic (exact) mass is 427 g/mol. The third-order valence-electron chi connectivity index (χ3n) is 4.07. The molecule has 0 spiro atoms. The van der Waals surface area contributed by atoms with Crippen molar-refractivity contribution in [2.75, 3.05) is 26.2 Å². The molecule has 1 heterocycles. The Kier molecular flexibility index (Phi) is 7.91. The number of nitrogens with one attached hydrogen (secondary N) is 1. The second kappa shape index (κ2) is 9.94. The molecule has 0 aromatic heterocycles. The Morgan fingerprint density at radius 3 is 2.59 bits per heavy atom. The summed E-state index contributed by atoms with van der Waals surface area (Å²) in [5, 5.41) is 15.0. The zero-order valence-electron chi connectivity index (χ0n) is 14.4. The van der Waals surface area contributed by atoms with E-state index in [4.69, 9.17) is 11.6 Å². The normalized spacial score (nSPS) is 14.2. The number of carbonyl (C=O) groups is 1. The van der Waals surface area contributed by atoms with Crippen molar-refractivity contribution in [2.45, 2.75) is 16.2 Å². The molecule has 2 aromatic rings. The summed E-state index contributed by atoms with van der Waals surface area (Å²) in [4.78, 5) is 27.1. The van der Waals surface area contributed by atoms with Crippen molar-refractivity contribution in [3.05, 3.63) is 63.2 Å². The molecule has 27 heavy (non-hydrogen) atoms. The molecule has 0 bridgehead atoms. The van der Waals surface area contributed by atoms with Crippen LogP contribution in [0, 0.1) is 10.1 Å². The largest absolute Gasteiger partial charge is 0.337 e. The molecule has 1 amide bonds. The van der Waals surface area contributed by atoms with Gasteiger partial charge in [0.05, 0.1) is 10.5 Å². The van der Waals surface area contributed by atoms with Gasteiger partial charge in [-0.25, -0.2) is 0 Å². The zero-order valence-corrected chi connectivity index (χ0v) is 16.8. The molecule has 9 heteroatoms. The summed E-state index contributed by atoms with van der Waals surface area (Å²) in [6.07, 6.45) is 0.861. The van der Waals surface area contributed by atoms with Crippen LogP contribution in [-0.2, 0) is 0 Å². The minimum atomic E-state index is -0.475. The minimum Gasteiger partial charge on any atom is -0.337 e. The Morgan fingerprint density at radius 2 is 1.89 bits per heavy atom. The van der Waals surface area contributed by atoms with Crippen LogP contribution >= 0.6 is 35.8 Å². The maximum atomic E-state index is 13.0. The highest BCUT2D eigenvalue weighted by molar-refractivity contribution is 7.99. The smallest absolute Gasteiger partial charge is 0.270 e. The van der Waals surface area contributed by atoms with E-state index in [1.54, 1.807) is 23.1 Å². The first-order chi connectivity index (χ1) is 12.5. The van der Waals surface area contributed by atoms with E-state index in [2.05, 4.69) is 5.32 Å². The van der Waals surface area contributed by atoms with E-state index in [1.165, 1.54) is 23.9 Å². The number of halogens is 2. The zero-order chi connectivity index (χ0) is 18.5. The quantitative estimate of drug-likeness (QED) is 0.582. The van der Waals surface area contributed by atoms with Crippen LogP contribution in [0.15, 0.2) is 52.3 Å². The Morgan fingerprint density at radius 1 is 1.15 bits per heavy atom. The average Bonchev–Trinajstić information content (AvgIpc) is 2.92. The van der Waals surface area contributed by atoms with Crippen LogP contribution in [0.3, 0.4) is 0 Å². The molecule has 2 aromatic carbocycles. The van der Waals surface area contributed by atoms with Gasteiger partial charge in [-0.2, -0.15) is 0 Å². The molecule has 3 rings (SSSR count). The number of carbonyl (C=O) groups excluding carboxylic acids is 1. The standard InChI is InChI=1S/C18H18ClN3O3S.ClH/c19-13-2-5-15(6-3-13)26-17-7-4-14(22(24)25)12-16(17)18(23)21-10-1-8-20-9-11-21;/h2-7,12,20H,1,8-11H2;1H. The van der Waals surface area contributed by atoms with Crippen molar-refractivity contribution in [3.63, 3.8) is 0 Å². The molecule has 144 valence electrons. The van der Waals surface area contributed by atoms with Crippen LogP contribution < -0.4 is 5.32 Å². The fraction of sp³-hybridized carbons (Fsp3) is 0.278. The molecule has 1 N–H and O–H groups in total. The third kappa shape index (κ3) is 5.59. The van der Waals surface area contributed by atoms with Crippen molar-refractivity contribution in [1.29, 1.82) is 0 Å². The van der Waals surface area contributed by atoms with Crippen LogP contribution in [0.1, 0.15) is 16.8 Å². The second-order valence-corrected chi connectivity index (χ2v) is 7.44. The Bertz CT molecular complexity index is 810. The molecule has 1 aliphatic heterocycles. The Hall–Kier alpha value is -1.80. The lowest BCUT2D eigenvalue weighted by Gasteiger charge is -2.21. The highest BCUT2D eigenvalue weighted by Crippen LogP contribution is 2.34. The van der Waals surface area contributed by atoms with Crippen LogP contribution in [0.4, 0.5) is 5.69 Å². The first kappa shape index (κ1) is 21.5. The predicted molar refractivity (Wildman–Crippen MR) is 109 cm³/mol. The maximum Gasteiger partial charge on any atom is 0.270 e. The molecular formula is C18H19Cl2N3O3S. The van der Waals surface area contributed by atoms with Crippen LogP contribution in [0.5, 0.6) is 0 Å². The summed E-state index contributed by atoms with van der Waals surface area (Å²) < 4.78 is 0. The first-order valence-electron chi connectivity index (χ1n) is 8.26. The fourth-order valence-corrected chi connectivity index (χ4v) is 3.78. The fourth-order valence-electron chi connectivity index (χ4n) is 2.74. The number of hydrogen-bond acceptors (Lipinski definition) is 5. The van der Waals surface area contributed by atoms with E-state index >= 15 is 0 Å². The number of non-ortho nitro benzene ring substituents is 1. The molecule has 0 atom stereocenters. The van der Waals surface area contributed by atoms with Gasteiger partial charge in [-0.15, -0.1) is 12.4 Å². The van der Waals surface area contributed by atoms with Crippen molar-refractivity contribution in [1.82, 2.24) is 10.2 Å². The van der Waals surface area contributed by atoms with Crippen molar-refractivity contribution in [3.8, 4) is 0 Å². The molecule has 0 unspecified atom stereocenters. The Labute approximate surface area is 172 Å².